The molecule has 0 bridgehead atoms. The fourth-order valence-electron chi connectivity index (χ4n) is 1.31. The molecule has 0 unspecified atom stereocenters. The molecule has 0 fully saturated rings. The summed E-state index contributed by atoms with van der Waals surface area (Å²) in [5, 5.41) is 1.06. The molecule has 1 aromatic rings. The van der Waals surface area contributed by atoms with Crippen molar-refractivity contribution in [2.75, 3.05) is 11.9 Å². The molecule has 0 aromatic heterocycles. The second kappa shape index (κ2) is 8.07. The van der Waals surface area contributed by atoms with Crippen LogP contribution in [0.25, 0.3) is 0 Å². The van der Waals surface area contributed by atoms with Gasteiger partial charge in [-0.2, -0.15) is 0 Å². The number of halogens is 3. The minimum absolute atomic E-state index is 0.281. The third kappa shape index (κ3) is 5.30. The van der Waals surface area contributed by atoms with Crippen molar-refractivity contribution in [2.24, 2.45) is 0 Å². The van der Waals surface area contributed by atoms with Crippen molar-refractivity contribution < 1.29 is 9.13 Å². The Balaban J connectivity index is 2.19. The molecule has 0 N–H and O–H groups in total. The molecule has 1 nitrogen and oxygen atoms in total. The number of hydrogen-bond donors (Lipinski definition) is 0. The minimum Gasteiger partial charge on any atom is -0.493 e. The zero-order valence-corrected chi connectivity index (χ0v) is 12.2. The third-order valence-electron chi connectivity index (χ3n) is 2.19. The molecule has 0 aliphatic rings. The van der Waals surface area contributed by atoms with Crippen LogP contribution in [0.2, 0.25) is 0 Å². The lowest BCUT2D eigenvalue weighted by molar-refractivity contribution is 0.303. The highest BCUT2D eigenvalue weighted by Gasteiger charge is 2.00. The predicted octanol–water partition coefficient (Wildman–Crippen LogP) is 4.92. The molecule has 0 aliphatic carbocycles. The Bertz CT molecular complexity index is 318. The zero-order chi connectivity index (χ0) is 11.8. The quantitative estimate of drug-likeness (QED) is 0.499. The largest absolute Gasteiger partial charge is 0.493 e. The summed E-state index contributed by atoms with van der Waals surface area (Å²) in [4.78, 5) is 0. The molecular formula is C12H15Br2FO. The molecule has 0 atom stereocenters. The van der Waals surface area contributed by atoms with Crippen LogP contribution in [-0.2, 0) is 0 Å². The second-order valence-corrected chi connectivity index (χ2v) is 5.17. The van der Waals surface area contributed by atoms with Gasteiger partial charge in [0.15, 0.2) is 0 Å². The SMILES string of the molecule is Fc1cc(OCCCCCCBr)ccc1Br. The Morgan fingerprint density at radius 1 is 1.12 bits per heavy atom. The smallest absolute Gasteiger partial charge is 0.141 e. The third-order valence-corrected chi connectivity index (χ3v) is 3.39. The van der Waals surface area contributed by atoms with E-state index >= 15 is 0 Å². The van der Waals surface area contributed by atoms with Gasteiger partial charge in [-0.05, 0) is 40.9 Å². The van der Waals surface area contributed by atoms with Gasteiger partial charge in [-0.25, -0.2) is 4.39 Å². The predicted molar refractivity (Wildman–Crippen MR) is 71.9 cm³/mol. The summed E-state index contributed by atoms with van der Waals surface area (Å²) in [7, 11) is 0. The van der Waals surface area contributed by atoms with E-state index in [1.165, 1.54) is 18.9 Å². The number of alkyl halides is 1. The maximum Gasteiger partial charge on any atom is 0.141 e. The number of ether oxygens (including phenoxy) is 1. The first-order valence-electron chi connectivity index (χ1n) is 5.38. The van der Waals surface area contributed by atoms with Crippen LogP contribution < -0.4 is 4.74 Å². The van der Waals surface area contributed by atoms with Crippen molar-refractivity contribution in [1.29, 1.82) is 0 Å². The van der Waals surface area contributed by atoms with Crippen LogP contribution in [0, 0.1) is 5.82 Å². The van der Waals surface area contributed by atoms with Gasteiger partial charge in [-0.1, -0.05) is 28.8 Å². The fraction of sp³-hybridized carbons (Fsp3) is 0.500. The Morgan fingerprint density at radius 3 is 2.56 bits per heavy atom. The Hall–Kier alpha value is -0.0900. The molecule has 90 valence electrons. The molecule has 1 aromatic carbocycles. The van der Waals surface area contributed by atoms with E-state index in [-0.39, 0.29) is 5.82 Å². The molecule has 1 rings (SSSR count). The summed E-state index contributed by atoms with van der Waals surface area (Å²) in [6.45, 7) is 0.656. The summed E-state index contributed by atoms with van der Waals surface area (Å²) >= 11 is 6.50. The van der Waals surface area contributed by atoms with Crippen LogP contribution in [0.4, 0.5) is 4.39 Å². The van der Waals surface area contributed by atoms with Crippen molar-refractivity contribution in [1.82, 2.24) is 0 Å². The molecule has 0 spiro atoms. The van der Waals surface area contributed by atoms with Crippen LogP contribution in [0.1, 0.15) is 25.7 Å². The van der Waals surface area contributed by atoms with Crippen molar-refractivity contribution in [3.8, 4) is 5.75 Å². The van der Waals surface area contributed by atoms with Gasteiger partial charge in [0, 0.05) is 11.4 Å². The van der Waals surface area contributed by atoms with Gasteiger partial charge in [0.2, 0.25) is 0 Å². The Labute approximate surface area is 113 Å². The number of unbranched alkanes of at least 4 members (excludes halogenated alkanes) is 3. The van der Waals surface area contributed by atoms with Gasteiger partial charge in [0.05, 0.1) is 11.1 Å². The first-order chi connectivity index (χ1) is 7.74. The zero-order valence-electron chi connectivity index (χ0n) is 9.02. The van der Waals surface area contributed by atoms with Crippen molar-refractivity contribution in [2.45, 2.75) is 25.7 Å². The highest BCUT2D eigenvalue weighted by Crippen LogP contribution is 2.21. The van der Waals surface area contributed by atoms with Gasteiger partial charge in [-0.15, -0.1) is 0 Å². The fourth-order valence-corrected chi connectivity index (χ4v) is 1.95. The number of benzene rings is 1. The lowest BCUT2D eigenvalue weighted by atomic mass is 10.2. The summed E-state index contributed by atoms with van der Waals surface area (Å²) in [6, 6.07) is 4.84. The molecule has 16 heavy (non-hydrogen) atoms. The lowest BCUT2D eigenvalue weighted by Gasteiger charge is -2.06. The summed E-state index contributed by atoms with van der Waals surface area (Å²) in [5.74, 6) is 0.318. The monoisotopic (exact) mass is 352 g/mol. The van der Waals surface area contributed by atoms with Gasteiger partial charge in [-0.3, -0.25) is 0 Å². The maximum absolute atomic E-state index is 13.1. The van der Waals surface area contributed by atoms with Crippen LogP contribution in [-0.4, -0.2) is 11.9 Å². The molecule has 4 heteroatoms. The van der Waals surface area contributed by atoms with Crippen molar-refractivity contribution >= 4 is 31.9 Å². The highest BCUT2D eigenvalue weighted by molar-refractivity contribution is 9.10. The maximum atomic E-state index is 13.1. The van der Waals surface area contributed by atoms with E-state index in [9.17, 15) is 4.39 Å². The number of rotatable bonds is 7. The average Bonchev–Trinajstić information content (AvgIpc) is 2.28. The van der Waals surface area contributed by atoms with Crippen LogP contribution in [0.3, 0.4) is 0 Å². The molecule has 0 saturated heterocycles. The van der Waals surface area contributed by atoms with Gasteiger partial charge in [0.1, 0.15) is 11.6 Å². The van der Waals surface area contributed by atoms with Gasteiger partial charge >= 0.3 is 0 Å². The van der Waals surface area contributed by atoms with E-state index in [1.807, 2.05) is 0 Å². The summed E-state index contributed by atoms with van der Waals surface area (Å²) in [6.07, 6.45) is 4.59. The normalized spacial score (nSPS) is 10.4. The molecule has 0 radical (unpaired) electrons. The Morgan fingerprint density at radius 2 is 1.88 bits per heavy atom. The van der Waals surface area contributed by atoms with Crippen molar-refractivity contribution in [3.63, 3.8) is 0 Å². The van der Waals surface area contributed by atoms with E-state index in [4.69, 9.17) is 4.74 Å². The van der Waals surface area contributed by atoms with Crippen LogP contribution in [0.15, 0.2) is 22.7 Å². The first kappa shape index (κ1) is 14.0. The molecular weight excluding hydrogens is 339 g/mol. The summed E-state index contributed by atoms with van der Waals surface area (Å²) in [5.41, 5.74) is 0. The van der Waals surface area contributed by atoms with Gasteiger partial charge in [0.25, 0.3) is 0 Å². The highest BCUT2D eigenvalue weighted by atomic mass is 79.9. The van der Waals surface area contributed by atoms with E-state index in [0.29, 0.717) is 16.8 Å². The Kier molecular flexibility index (Phi) is 7.05. The molecule has 0 aliphatic heterocycles. The standard InChI is InChI=1S/C12H15Br2FO/c13-7-3-1-2-4-8-16-10-5-6-11(14)12(15)9-10/h5-6,9H,1-4,7-8H2. The van der Waals surface area contributed by atoms with E-state index in [0.717, 1.165) is 18.2 Å². The average molecular weight is 354 g/mol. The van der Waals surface area contributed by atoms with Crippen molar-refractivity contribution in [3.05, 3.63) is 28.5 Å². The number of hydrogen-bond acceptors (Lipinski definition) is 1. The van der Waals surface area contributed by atoms with Crippen LogP contribution in [0.5, 0.6) is 5.75 Å². The molecule has 0 saturated carbocycles. The van der Waals surface area contributed by atoms with E-state index in [2.05, 4.69) is 31.9 Å². The minimum atomic E-state index is -0.281. The summed E-state index contributed by atoms with van der Waals surface area (Å²) < 4.78 is 19.0. The van der Waals surface area contributed by atoms with E-state index in [1.54, 1.807) is 12.1 Å². The lowest BCUT2D eigenvalue weighted by Crippen LogP contribution is -1.97. The molecule has 0 heterocycles. The first-order valence-corrected chi connectivity index (χ1v) is 7.29. The van der Waals surface area contributed by atoms with Gasteiger partial charge < -0.3 is 4.74 Å². The topological polar surface area (TPSA) is 9.23 Å². The van der Waals surface area contributed by atoms with Crippen LogP contribution >= 0.6 is 31.9 Å². The van der Waals surface area contributed by atoms with E-state index < -0.39 is 0 Å². The molecule has 0 amide bonds. The second-order valence-electron chi connectivity index (χ2n) is 3.53.